The van der Waals surface area contributed by atoms with Gasteiger partial charge < -0.3 is 21.1 Å². The van der Waals surface area contributed by atoms with Gasteiger partial charge in [-0.2, -0.15) is 0 Å². The Morgan fingerprint density at radius 3 is 2.83 bits per heavy atom. The number of phenolic OH excluding ortho intramolecular Hbond substituents is 1. The van der Waals surface area contributed by atoms with Gasteiger partial charge in [-0.25, -0.2) is 0 Å². The van der Waals surface area contributed by atoms with Crippen molar-refractivity contribution in [1.82, 2.24) is 16.0 Å². The molecule has 1 aliphatic rings. The van der Waals surface area contributed by atoms with Crippen molar-refractivity contribution < 1.29 is 14.7 Å². The molecule has 1 saturated heterocycles. The van der Waals surface area contributed by atoms with E-state index in [2.05, 4.69) is 41.1 Å². The zero-order valence-electron chi connectivity index (χ0n) is 16.5. The molecule has 1 heterocycles. The summed E-state index contributed by atoms with van der Waals surface area (Å²) < 4.78 is 0. The summed E-state index contributed by atoms with van der Waals surface area (Å²) >= 11 is 5.91. The normalized spacial score (nSPS) is 19.6. The lowest BCUT2D eigenvalue weighted by Gasteiger charge is -2.17. The van der Waals surface area contributed by atoms with E-state index in [1.54, 1.807) is 19.1 Å². The Morgan fingerprint density at radius 1 is 1.28 bits per heavy atom. The molecule has 3 atom stereocenters. The molecule has 6 nitrogen and oxygen atoms in total. The van der Waals surface area contributed by atoms with Crippen molar-refractivity contribution in [3.63, 3.8) is 0 Å². The lowest BCUT2D eigenvalue weighted by atomic mass is 9.95. The third-order valence-corrected chi connectivity index (χ3v) is 5.44. The van der Waals surface area contributed by atoms with Crippen LogP contribution in [-0.4, -0.2) is 35.5 Å². The maximum Gasteiger partial charge on any atom is 0.242 e. The van der Waals surface area contributed by atoms with Crippen LogP contribution in [0.25, 0.3) is 0 Å². The molecule has 4 N–H and O–H groups in total. The smallest absolute Gasteiger partial charge is 0.242 e. The summed E-state index contributed by atoms with van der Waals surface area (Å²) in [6.45, 7) is 4.55. The lowest BCUT2D eigenvalue weighted by Crippen LogP contribution is -2.49. The third-order valence-electron chi connectivity index (χ3n) is 5.21. The Balaban J connectivity index is 1.49. The summed E-state index contributed by atoms with van der Waals surface area (Å²) in [6.07, 6.45) is 0.694. The molecule has 3 rings (SSSR count). The summed E-state index contributed by atoms with van der Waals surface area (Å²) in [5.41, 5.74) is 2.94. The van der Waals surface area contributed by atoms with E-state index in [1.807, 2.05) is 6.07 Å². The first-order chi connectivity index (χ1) is 13.8. The molecule has 0 radical (unpaired) electrons. The summed E-state index contributed by atoms with van der Waals surface area (Å²) in [5, 5.41) is 19.0. The molecular formula is C22H26ClN3O3. The van der Waals surface area contributed by atoms with E-state index >= 15 is 0 Å². The predicted molar refractivity (Wildman–Crippen MR) is 113 cm³/mol. The zero-order valence-corrected chi connectivity index (χ0v) is 17.3. The number of hydrogen-bond acceptors (Lipinski definition) is 4. The van der Waals surface area contributed by atoms with E-state index in [9.17, 15) is 14.7 Å². The fourth-order valence-corrected chi connectivity index (χ4v) is 3.72. The Kier molecular flexibility index (Phi) is 6.77. The number of amides is 2. The van der Waals surface area contributed by atoms with E-state index in [0.717, 1.165) is 6.54 Å². The van der Waals surface area contributed by atoms with Crippen molar-refractivity contribution in [3.05, 3.63) is 64.2 Å². The Bertz CT molecular complexity index is 903. The van der Waals surface area contributed by atoms with Crippen LogP contribution in [-0.2, 0) is 16.1 Å². The molecule has 29 heavy (non-hydrogen) atoms. The quantitative estimate of drug-likeness (QED) is 0.583. The van der Waals surface area contributed by atoms with Crippen LogP contribution in [0.4, 0.5) is 0 Å². The van der Waals surface area contributed by atoms with Crippen LogP contribution >= 0.6 is 11.6 Å². The fourth-order valence-electron chi connectivity index (χ4n) is 3.52. The fraction of sp³-hybridized carbons (Fsp3) is 0.364. The average Bonchev–Trinajstić information content (AvgIpc) is 3.19. The molecule has 1 fully saturated rings. The molecule has 2 aromatic carbocycles. The molecule has 154 valence electrons. The minimum atomic E-state index is -0.691. The molecule has 2 aromatic rings. The number of hydrogen-bond donors (Lipinski definition) is 4. The van der Waals surface area contributed by atoms with Gasteiger partial charge in [0.15, 0.2) is 0 Å². The second kappa shape index (κ2) is 9.29. The first-order valence-electron chi connectivity index (χ1n) is 9.69. The molecular weight excluding hydrogens is 390 g/mol. The molecule has 0 aliphatic carbocycles. The van der Waals surface area contributed by atoms with Gasteiger partial charge in [0.1, 0.15) is 11.8 Å². The van der Waals surface area contributed by atoms with Crippen LogP contribution in [0.15, 0.2) is 42.5 Å². The zero-order chi connectivity index (χ0) is 21.0. The van der Waals surface area contributed by atoms with Gasteiger partial charge in [-0.1, -0.05) is 41.4 Å². The van der Waals surface area contributed by atoms with Gasteiger partial charge in [0.05, 0.1) is 6.04 Å². The summed E-state index contributed by atoms with van der Waals surface area (Å²) in [6, 6.07) is 11.9. The first kappa shape index (κ1) is 21.1. The van der Waals surface area contributed by atoms with E-state index in [0.29, 0.717) is 17.0 Å². The number of aryl methyl sites for hydroxylation is 1. The van der Waals surface area contributed by atoms with Crippen molar-refractivity contribution in [3.8, 4) is 5.75 Å². The molecule has 0 aromatic heterocycles. The summed E-state index contributed by atoms with van der Waals surface area (Å²) in [7, 11) is 0. The maximum absolute atomic E-state index is 12.6. The number of aromatic hydroxyl groups is 1. The van der Waals surface area contributed by atoms with Gasteiger partial charge in [-0.15, -0.1) is 0 Å². The second-order valence-electron chi connectivity index (χ2n) is 7.53. The van der Waals surface area contributed by atoms with E-state index in [1.165, 1.54) is 17.2 Å². The first-order valence-corrected chi connectivity index (χ1v) is 10.1. The Morgan fingerprint density at radius 2 is 2.07 bits per heavy atom. The van der Waals surface area contributed by atoms with Crippen LogP contribution in [0.5, 0.6) is 5.75 Å². The van der Waals surface area contributed by atoms with Gasteiger partial charge in [0.25, 0.3) is 0 Å². The largest absolute Gasteiger partial charge is 0.508 e. The van der Waals surface area contributed by atoms with Gasteiger partial charge >= 0.3 is 0 Å². The Hall–Kier alpha value is -2.57. The van der Waals surface area contributed by atoms with Crippen molar-refractivity contribution in [2.24, 2.45) is 0 Å². The summed E-state index contributed by atoms with van der Waals surface area (Å²) in [4.78, 5) is 24.9. The summed E-state index contributed by atoms with van der Waals surface area (Å²) in [5.74, 6) is -0.177. The predicted octanol–water partition coefficient (Wildman–Crippen LogP) is 2.62. The number of nitrogens with one attached hydrogen (secondary N) is 3. The number of phenols is 1. The van der Waals surface area contributed by atoms with Gasteiger partial charge in [0.2, 0.25) is 11.8 Å². The molecule has 2 amide bonds. The van der Waals surface area contributed by atoms with E-state index < -0.39 is 6.04 Å². The highest BCUT2D eigenvalue weighted by Gasteiger charge is 2.31. The number of rotatable bonds is 6. The van der Waals surface area contributed by atoms with Crippen LogP contribution in [0.3, 0.4) is 0 Å². The topological polar surface area (TPSA) is 90.5 Å². The maximum atomic E-state index is 12.6. The number of benzene rings is 2. The van der Waals surface area contributed by atoms with Crippen molar-refractivity contribution in [2.75, 3.05) is 6.54 Å². The third kappa shape index (κ3) is 5.49. The monoisotopic (exact) mass is 415 g/mol. The van der Waals surface area contributed by atoms with Crippen LogP contribution in [0.2, 0.25) is 5.02 Å². The second-order valence-corrected chi connectivity index (χ2v) is 7.97. The Labute approximate surface area is 175 Å². The molecule has 0 bridgehead atoms. The van der Waals surface area contributed by atoms with Gasteiger partial charge in [0, 0.05) is 23.7 Å². The number of carbonyl (C=O) groups is 2. The SMILES string of the molecule is Cc1cccc([C@H]2CN[C@@H](C(=O)N[C@@H](C)C(=O)NCc3cc(Cl)ccc3O)C2)c1. The van der Waals surface area contributed by atoms with Crippen molar-refractivity contribution in [1.29, 1.82) is 0 Å². The van der Waals surface area contributed by atoms with Gasteiger partial charge in [-0.05, 0) is 49.9 Å². The highest BCUT2D eigenvalue weighted by Crippen LogP contribution is 2.26. The number of carbonyl (C=O) groups excluding carboxylic acids is 2. The van der Waals surface area contributed by atoms with Crippen LogP contribution < -0.4 is 16.0 Å². The van der Waals surface area contributed by atoms with E-state index in [-0.39, 0.29) is 36.1 Å². The molecule has 7 heteroatoms. The highest BCUT2D eigenvalue weighted by molar-refractivity contribution is 6.30. The van der Waals surface area contributed by atoms with Crippen LogP contribution in [0.1, 0.15) is 36.0 Å². The lowest BCUT2D eigenvalue weighted by molar-refractivity contribution is -0.129. The standard InChI is InChI=1S/C22H26ClN3O3/c1-13-4-3-5-15(8-13)16-10-19(24-11-16)22(29)26-14(2)21(28)25-12-17-9-18(23)6-7-20(17)27/h3-9,14,16,19,24,27H,10-12H2,1-2H3,(H,25,28)(H,26,29)/t14-,16+,19+/m0/s1. The molecule has 0 unspecified atom stereocenters. The highest BCUT2D eigenvalue weighted by atomic mass is 35.5. The van der Waals surface area contributed by atoms with Crippen LogP contribution in [0, 0.1) is 6.92 Å². The average molecular weight is 416 g/mol. The van der Waals surface area contributed by atoms with E-state index in [4.69, 9.17) is 11.6 Å². The van der Waals surface area contributed by atoms with Gasteiger partial charge in [-0.3, -0.25) is 9.59 Å². The van der Waals surface area contributed by atoms with Crippen molar-refractivity contribution in [2.45, 2.75) is 44.8 Å². The minimum Gasteiger partial charge on any atom is -0.508 e. The molecule has 0 saturated carbocycles. The minimum absolute atomic E-state index is 0.0590. The van der Waals surface area contributed by atoms with Crippen molar-refractivity contribution >= 4 is 23.4 Å². The molecule has 0 spiro atoms. The molecule has 1 aliphatic heterocycles. The number of halogens is 1.